The van der Waals surface area contributed by atoms with Crippen LogP contribution in [0.3, 0.4) is 0 Å². The molecule has 1 fully saturated rings. The number of nitrogens with one attached hydrogen (secondary N) is 1. The fraction of sp³-hybridized carbons (Fsp3) is 0.781. The average molecular weight is 584 g/mol. The van der Waals surface area contributed by atoms with E-state index in [1.54, 1.807) is 6.08 Å². The maximum absolute atomic E-state index is 12.3. The van der Waals surface area contributed by atoms with Gasteiger partial charge in [0.25, 0.3) is 0 Å². The van der Waals surface area contributed by atoms with Crippen molar-refractivity contribution in [2.24, 2.45) is 0 Å². The van der Waals surface area contributed by atoms with Crippen LogP contribution in [0.1, 0.15) is 104 Å². The number of unbranched alkanes of at least 4 members (excludes halogenated alkanes) is 9. The van der Waals surface area contributed by atoms with E-state index in [1.807, 2.05) is 13.0 Å². The summed E-state index contributed by atoms with van der Waals surface area (Å²) in [6.07, 6.45) is 18.8. The molecule has 0 radical (unpaired) electrons. The highest BCUT2D eigenvalue weighted by Gasteiger charge is 2.44. The molecular weight excluding hydrogens is 526 g/mol. The molecule has 0 aromatic heterocycles. The molecule has 1 rings (SSSR count). The summed E-state index contributed by atoms with van der Waals surface area (Å²) in [5.41, 5.74) is 0. The number of rotatable bonds is 23. The molecule has 7 atom stereocenters. The van der Waals surface area contributed by atoms with E-state index < -0.39 is 49.5 Å². The first-order valence-corrected chi connectivity index (χ1v) is 15.7. The molecule has 0 spiro atoms. The third-order valence-electron chi connectivity index (χ3n) is 7.20. The number of carbonyl (C=O) groups excluding carboxylic acids is 1. The summed E-state index contributed by atoms with van der Waals surface area (Å²) in [5, 5.41) is 53.0. The monoisotopic (exact) mass is 583 g/mol. The Hall–Kier alpha value is -1.59. The number of hydrogen-bond acceptors (Lipinski definition) is 8. The highest BCUT2D eigenvalue weighted by molar-refractivity contribution is 5.76. The minimum Gasteiger partial charge on any atom is -0.394 e. The highest BCUT2D eigenvalue weighted by atomic mass is 16.7. The zero-order chi connectivity index (χ0) is 30.3. The van der Waals surface area contributed by atoms with Gasteiger partial charge in [-0.3, -0.25) is 4.79 Å². The third-order valence-corrected chi connectivity index (χ3v) is 7.20. The number of ether oxygens (including phenoxy) is 2. The van der Waals surface area contributed by atoms with Crippen molar-refractivity contribution in [3.05, 3.63) is 36.5 Å². The zero-order valence-electron chi connectivity index (χ0n) is 25.3. The Labute approximate surface area is 247 Å². The van der Waals surface area contributed by atoms with Crippen molar-refractivity contribution in [2.75, 3.05) is 13.2 Å². The van der Waals surface area contributed by atoms with Crippen LogP contribution >= 0.6 is 0 Å². The van der Waals surface area contributed by atoms with Gasteiger partial charge in [-0.05, 0) is 44.9 Å². The minimum atomic E-state index is -1.57. The van der Waals surface area contributed by atoms with Crippen molar-refractivity contribution >= 4 is 5.91 Å². The van der Waals surface area contributed by atoms with Gasteiger partial charge >= 0.3 is 0 Å². The fourth-order valence-corrected chi connectivity index (χ4v) is 4.51. The normalized spacial score (nSPS) is 24.9. The van der Waals surface area contributed by atoms with E-state index in [0.29, 0.717) is 12.8 Å². The first-order valence-electron chi connectivity index (χ1n) is 15.7. The van der Waals surface area contributed by atoms with Gasteiger partial charge in [0.2, 0.25) is 5.91 Å². The molecule has 0 aromatic carbocycles. The second-order valence-corrected chi connectivity index (χ2v) is 10.9. The Morgan fingerprint density at radius 2 is 1.39 bits per heavy atom. The molecule has 9 nitrogen and oxygen atoms in total. The SMILES string of the molecule is CCCCCCCC/C=C/CC/C=C/CC/C=C/C(O)C(COC1OC(CO)C(O)C(O)C1O)NC(=O)CCCC. The number of aliphatic hydroxyl groups is 5. The zero-order valence-corrected chi connectivity index (χ0v) is 25.3. The summed E-state index contributed by atoms with van der Waals surface area (Å²) in [6, 6.07) is -0.818. The van der Waals surface area contributed by atoms with Crippen LogP contribution in [0.2, 0.25) is 0 Å². The van der Waals surface area contributed by atoms with Gasteiger partial charge in [0.15, 0.2) is 6.29 Å². The van der Waals surface area contributed by atoms with E-state index in [4.69, 9.17) is 9.47 Å². The summed E-state index contributed by atoms with van der Waals surface area (Å²) in [4.78, 5) is 12.3. The van der Waals surface area contributed by atoms with E-state index in [1.165, 1.54) is 38.5 Å². The number of allylic oxidation sites excluding steroid dienone is 5. The molecule has 0 aliphatic carbocycles. The van der Waals surface area contributed by atoms with Crippen LogP contribution in [-0.2, 0) is 14.3 Å². The van der Waals surface area contributed by atoms with Gasteiger partial charge in [-0.1, -0.05) is 88.8 Å². The molecule has 1 saturated heterocycles. The molecule has 1 amide bonds. The molecule has 1 aliphatic heterocycles. The summed E-state index contributed by atoms with van der Waals surface area (Å²) in [5.74, 6) is -0.231. The molecule has 238 valence electrons. The predicted molar refractivity (Wildman–Crippen MR) is 161 cm³/mol. The first kappa shape index (κ1) is 37.4. The Morgan fingerprint density at radius 1 is 0.805 bits per heavy atom. The molecular formula is C32H57NO8. The summed E-state index contributed by atoms with van der Waals surface area (Å²) >= 11 is 0. The molecule has 41 heavy (non-hydrogen) atoms. The lowest BCUT2D eigenvalue weighted by molar-refractivity contribution is -0.302. The minimum absolute atomic E-state index is 0.210. The lowest BCUT2D eigenvalue weighted by atomic mass is 9.99. The molecule has 6 N–H and O–H groups in total. The molecule has 7 unspecified atom stereocenters. The van der Waals surface area contributed by atoms with E-state index in [9.17, 15) is 30.3 Å². The quantitative estimate of drug-likeness (QED) is 0.0786. The number of carbonyl (C=O) groups is 1. The Balaban J connectivity index is 2.44. The van der Waals surface area contributed by atoms with E-state index in [2.05, 4.69) is 36.5 Å². The van der Waals surface area contributed by atoms with Crippen molar-refractivity contribution < 1.29 is 39.8 Å². The van der Waals surface area contributed by atoms with Crippen molar-refractivity contribution in [1.82, 2.24) is 5.32 Å². The van der Waals surface area contributed by atoms with Gasteiger partial charge in [0.1, 0.15) is 24.4 Å². The van der Waals surface area contributed by atoms with Gasteiger partial charge in [-0.25, -0.2) is 0 Å². The predicted octanol–water partition coefficient (Wildman–Crippen LogP) is 3.82. The van der Waals surface area contributed by atoms with Gasteiger partial charge in [0.05, 0.1) is 25.4 Å². The second kappa shape index (κ2) is 23.9. The molecule has 0 saturated carbocycles. The van der Waals surface area contributed by atoms with Crippen molar-refractivity contribution in [3.63, 3.8) is 0 Å². The lowest BCUT2D eigenvalue weighted by Crippen LogP contribution is -2.60. The van der Waals surface area contributed by atoms with Gasteiger partial charge in [-0.15, -0.1) is 0 Å². The van der Waals surface area contributed by atoms with Crippen LogP contribution < -0.4 is 5.32 Å². The molecule has 0 aromatic rings. The van der Waals surface area contributed by atoms with Crippen LogP contribution in [0, 0.1) is 0 Å². The van der Waals surface area contributed by atoms with Gasteiger partial charge in [0, 0.05) is 6.42 Å². The average Bonchev–Trinajstić information content (AvgIpc) is 2.97. The van der Waals surface area contributed by atoms with Crippen molar-refractivity contribution in [3.8, 4) is 0 Å². The molecule has 1 aliphatic rings. The van der Waals surface area contributed by atoms with Gasteiger partial charge < -0.3 is 40.3 Å². The number of hydrogen-bond donors (Lipinski definition) is 6. The topological polar surface area (TPSA) is 149 Å². The standard InChI is InChI=1S/C32H57NO8/c1-3-5-7-8-9-10-11-12-13-14-15-16-17-18-19-20-21-26(35)25(33-28(36)22-6-4-2)24-40-32-31(39)30(38)29(37)27(23-34)41-32/h12-13,16-17,20-21,25-27,29-32,34-35,37-39H,3-11,14-15,18-19,22-24H2,1-2H3,(H,33,36)/b13-12+,17-16+,21-20+. The van der Waals surface area contributed by atoms with E-state index in [-0.39, 0.29) is 12.5 Å². The maximum Gasteiger partial charge on any atom is 0.220 e. The molecule has 0 bridgehead atoms. The summed E-state index contributed by atoms with van der Waals surface area (Å²) in [7, 11) is 0. The smallest absolute Gasteiger partial charge is 0.220 e. The largest absolute Gasteiger partial charge is 0.394 e. The first-order chi connectivity index (χ1) is 19.8. The van der Waals surface area contributed by atoms with Crippen LogP contribution in [0.15, 0.2) is 36.5 Å². The van der Waals surface area contributed by atoms with Crippen LogP contribution in [-0.4, -0.2) is 87.5 Å². The molecule has 9 heteroatoms. The summed E-state index contributed by atoms with van der Waals surface area (Å²) < 4.78 is 11.0. The number of aliphatic hydroxyl groups excluding tert-OH is 5. The summed E-state index contributed by atoms with van der Waals surface area (Å²) in [6.45, 7) is 3.44. The van der Waals surface area contributed by atoms with E-state index >= 15 is 0 Å². The second-order valence-electron chi connectivity index (χ2n) is 10.9. The van der Waals surface area contributed by atoms with Gasteiger partial charge in [-0.2, -0.15) is 0 Å². The van der Waals surface area contributed by atoms with E-state index in [0.717, 1.165) is 38.5 Å². The van der Waals surface area contributed by atoms with Crippen LogP contribution in [0.5, 0.6) is 0 Å². The number of amides is 1. The van der Waals surface area contributed by atoms with Crippen LogP contribution in [0.4, 0.5) is 0 Å². The Bertz CT molecular complexity index is 741. The molecule has 1 heterocycles. The van der Waals surface area contributed by atoms with Crippen molar-refractivity contribution in [2.45, 2.75) is 147 Å². The highest BCUT2D eigenvalue weighted by Crippen LogP contribution is 2.22. The Morgan fingerprint density at radius 3 is 2.02 bits per heavy atom. The van der Waals surface area contributed by atoms with Crippen LogP contribution in [0.25, 0.3) is 0 Å². The maximum atomic E-state index is 12.3. The third kappa shape index (κ3) is 16.6. The van der Waals surface area contributed by atoms with Crippen molar-refractivity contribution in [1.29, 1.82) is 0 Å². The lowest BCUT2D eigenvalue weighted by Gasteiger charge is -2.40. The Kier molecular flexibility index (Phi) is 21.8. The fourth-order valence-electron chi connectivity index (χ4n) is 4.51.